The third kappa shape index (κ3) is 15.5. The number of amides is 1. The largest absolute Gasteiger partial charge is 0.493 e. The zero-order valence-corrected chi connectivity index (χ0v) is 29.2. The third-order valence-corrected chi connectivity index (χ3v) is 6.62. The van der Waals surface area contributed by atoms with Crippen molar-refractivity contribution in [3.8, 4) is 28.4 Å². The number of likely N-dealkylation sites (N-methyl/N-ethyl adjacent to an activating group) is 1. The topological polar surface area (TPSA) is 213 Å². The fourth-order valence-corrected chi connectivity index (χ4v) is 4.05. The third-order valence-electron chi connectivity index (χ3n) is 6.62. The molecule has 2 heterocycles. The monoisotopic (exact) mass is 825 g/mol. The van der Waals surface area contributed by atoms with Crippen molar-refractivity contribution in [1.82, 2.24) is 20.4 Å². The molecule has 0 radical (unpaired) electrons. The number of carboxylic acids is 3. The Labute approximate surface area is 309 Å². The number of carboxylic acid groups (broad SMARTS) is 3. The molecule has 0 aliphatic carbocycles. The van der Waals surface area contributed by atoms with Crippen molar-refractivity contribution >= 4 is 29.5 Å². The van der Waals surface area contributed by atoms with Crippen LogP contribution < -0.4 is 24.8 Å². The van der Waals surface area contributed by atoms with E-state index in [1.54, 1.807) is 26.5 Å². The smallest absolute Gasteiger partial charge is 0.490 e. The van der Waals surface area contributed by atoms with Gasteiger partial charge in [0.15, 0.2) is 11.5 Å². The number of carbonyl (C=O) groups is 4. The molecule has 2 aromatic carbocycles. The number of anilines is 1. The average molecular weight is 826 g/mol. The summed E-state index contributed by atoms with van der Waals surface area (Å²) in [5.41, 5.74) is 2.95. The Balaban J connectivity index is 0.000000610. The van der Waals surface area contributed by atoms with E-state index in [0.29, 0.717) is 48.1 Å². The lowest BCUT2D eigenvalue weighted by Crippen LogP contribution is -2.38. The molecule has 1 amide bonds. The Morgan fingerprint density at radius 1 is 0.839 bits per heavy atom. The van der Waals surface area contributed by atoms with E-state index in [1.807, 2.05) is 31.1 Å². The van der Waals surface area contributed by atoms with Crippen molar-refractivity contribution in [1.29, 1.82) is 0 Å². The molecular weight excluding hydrogens is 792 g/mol. The number of ether oxygens (including phenoxy) is 3. The second-order valence-electron chi connectivity index (χ2n) is 10.9. The zero-order chi connectivity index (χ0) is 43.2. The van der Waals surface area contributed by atoms with E-state index in [0.717, 1.165) is 17.5 Å². The van der Waals surface area contributed by atoms with Gasteiger partial charge >= 0.3 is 36.4 Å². The SMILES string of the molecule is COc1cc2c(cc1OC)C(C(=O)Nc1cc(F)c(-c3cn[nH]c3)cc1OCCN(C)C)NCC2.O=C(O)C(F)(F)F.O=C(O)C(F)(F)F.O=C(O)C(F)(F)F. The van der Waals surface area contributed by atoms with Gasteiger partial charge in [-0.1, -0.05) is 0 Å². The molecule has 0 saturated heterocycles. The molecule has 312 valence electrons. The highest BCUT2D eigenvalue weighted by Gasteiger charge is 2.39. The van der Waals surface area contributed by atoms with Crippen molar-refractivity contribution < 1.29 is 92.6 Å². The minimum absolute atomic E-state index is 0.257. The number of alkyl halides is 9. The Morgan fingerprint density at radius 2 is 1.34 bits per heavy atom. The summed E-state index contributed by atoms with van der Waals surface area (Å²) in [6.07, 6.45) is -11.4. The number of benzene rings is 2. The number of aromatic amines is 1. The molecule has 56 heavy (non-hydrogen) atoms. The van der Waals surface area contributed by atoms with Gasteiger partial charge in [-0.05, 0) is 49.8 Å². The standard InChI is InChI=1S/C25H30FN5O4.3C2HF3O2/c1-31(2)7-8-35-21-10-17(16-13-28-29-14-16)19(26)12-20(21)30-25(32)24-18-11-23(34-4)22(33-3)9-15(18)5-6-27-24;3*3-2(4,5)1(6)7/h9-14,24,27H,5-8H2,1-4H3,(H,28,29)(H,30,32);3*(H,6,7). The van der Waals surface area contributed by atoms with E-state index in [2.05, 4.69) is 20.8 Å². The molecule has 1 aliphatic heterocycles. The van der Waals surface area contributed by atoms with Crippen molar-refractivity contribution in [2.75, 3.05) is 53.3 Å². The van der Waals surface area contributed by atoms with E-state index in [9.17, 15) is 44.3 Å². The van der Waals surface area contributed by atoms with Gasteiger partial charge in [-0.25, -0.2) is 18.8 Å². The molecule has 1 atom stereocenters. The lowest BCUT2D eigenvalue weighted by molar-refractivity contribution is -0.193. The number of aliphatic carboxylic acids is 3. The van der Waals surface area contributed by atoms with Crippen LogP contribution in [0.15, 0.2) is 36.7 Å². The van der Waals surface area contributed by atoms with Crippen LogP contribution in [0.3, 0.4) is 0 Å². The number of methoxy groups -OCH3 is 2. The summed E-state index contributed by atoms with van der Waals surface area (Å²) in [7, 11) is 7.00. The van der Waals surface area contributed by atoms with Crippen molar-refractivity contribution in [2.45, 2.75) is 31.0 Å². The first-order valence-corrected chi connectivity index (χ1v) is 15.0. The number of H-pyrrole nitrogens is 1. The molecule has 1 aliphatic rings. The zero-order valence-electron chi connectivity index (χ0n) is 29.2. The van der Waals surface area contributed by atoms with Gasteiger partial charge in [-0.15, -0.1) is 0 Å². The quantitative estimate of drug-likeness (QED) is 0.159. The number of nitrogens with one attached hydrogen (secondary N) is 3. The molecular formula is C31H33F10N5O10. The highest BCUT2D eigenvalue weighted by Crippen LogP contribution is 2.37. The van der Waals surface area contributed by atoms with Crippen LogP contribution >= 0.6 is 0 Å². The maximum absolute atomic E-state index is 15.1. The van der Waals surface area contributed by atoms with Crippen molar-refractivity contribution in [3.63, 3.8) is 0 Å². The van der Waals surface area contributed by atoms with Crippen molar-refractivity contribution in [2.24, 2.45) is 0 Å². The predicted octanol–water partition coefficient (Wildman–Crippen LogP) is 4.90. The number of rotatable bonds is 9. The van der Waals surface area contributed by atoms with Gasteiger partial charge in [0, 0.05) is 36.5 Å². The molecule has 1 aromatic heterocycles. The van der Waals surface area contributed by atoms with E-state index in [1.165, 1.54) is 12.3 Å². The van der Waals surface area contributed by atoms with E-state index >= 15 is 4.39 Å². The Morgan fingerprint density at radius 3 is 1.77 bits per heavy atom. The first-order valence-electron chi connectivity index (χ1n) is 15.0. The second-order valence-corrected chi connectivity index (χ2v) is 10.9. The normalized spacial score (nSPS) is 13.6. The first kappa shape index (κ1) is 48.2. The number of fused-ring (bicyclic) bond motifs is 1. The number of halogens is 10. The summed E-state index contributed by atoms with van der Waals surface area (Å²) < 4.78 is 127. The van der Waals surface area contributed by atoms with Gasteiger partial charge in [-0.2, -0.15) is 44.6 Å². The predicted molar refractivity (Wildman–Crippen MR) is 172 cm³/mol. The maximum atomic E-state index is 15.1. The Hall–Kier alpha value is -5.85. The first-order chi connectivity index (χ1) is 25.7. The summed E-state index contributed by atoms with van der Waals surface area (Å²) in [5.74, 6) is -7.57. The molecule has 15 nitrogen and oxygen atoms in total. The lowest BCUT2D eigenvalue weighted by atomic mass is 9.93. The molecule has 0 fully saturated rings. The fourth-order valence-electron chi connectivity index (χ4n) is 4.05. The Kier molecular flexibility index (Phi) is 17.8. The van der Waals surface area contributed by atoms with Gasteiger partial charge in [0.05, 0.1) is 26.1 Å². The Bertz CT molecular complexity index is 1730. The summed E-state index contributed by atoms with van der Waals surface area (Å²) in [5, 5.41) is 34.1. The summed E-state index contributed by atoms with van der Waals surface area (Å²) in [6.45, 7) is 1.64. The molecule has 6 N–H and O–H groups in total. The van der Waals surface area contributed by atoms with Gasteiger partial charge in [0.2, 0.25) is 5.91 Å². The maximum Gasteiger partial charge on any atom is 0.490 e. The van der Waals surface area contributed by atoms with Gasteiger partial charge in [-0.3, -0.25) is 9.89 Å². The van der Waals surface area contributed by atoms with Crippen LogP contribution in [0.25, 0.3) is 11.1 Å². The van der Waals surface area contributed by atoms with E-state index < -0.39 is 48.3 Å². The molecule has 1 unspecified atom stereocenters. The van der Waals surface area contributed by atoms with E-state index in [-0.39, 0.29) is 11.6 Å². The molecule has 0 saturated carbocycles. The summed E-state index contributed by atoms with van der Waals surface area (Å²) in [6, 6.07) is 5.92. The minimum Gasteiger partial charge on any atom is -0.493 e. The molecule has 0 bridgehead atoms. The van der Waals surface area contributed by atoms with Crippen LogP contribution in [0.5, 0.6) is 17.2 Å². The van der Waals surface area contributed by atoms with Crippen molar-refractivity contribution in [3.05, 3.63) is 53.6 Å². The van der Waals surface area contributed by atoms with Gasteiger partial charge < -0.3 is 45.1 Å². The molecule has 25 heteroatoms. The minimum atomic E-state index is -5.08. The van der Waals surface area contributed by atoms with Crippen LogP contribution in [0.4, 0.5) is 49.6 Å². The fraction of sp³-hybridized carbons (Fsp3) is 0.387. The van der Waals surface area contributed by atoms with Crippen LogP contribution in [-0.4, -0.2) is 121 Å². The highest BCUT2D eigenvalue weighted by atomic mass is 19.4. The molecule has 3 aromatic rings. The van der Waals surface area contributed by atoms with Gasteiger partial charge in [0.1, 0.15) is 24.2 Å². The average Bonchev–Trinajstić information content (AvgIpc) is 3.62. The van der Waals surface area contributed by atoms with Crippen LogP contribution in [0.2, 0.25) is 0 Å². The lowest BCUT2D eigenvalue weighted by Gasteiger charge is -2.27. The number of carbonyl (C=O) groups excluding carboxylic acids is 1. The summed E-state index contributed by atoms with van der Waals surface area (Å²) in [4.78, 5) is 42.1. The van der Waals surface area contributed by atoms with Crippen LogP contribution in [0.1, 0.15) is 17.2 Å². The van der Waals surface area contributed by atoms with E-state index in [4.69, 9.17) is 43.9 Å². The number of hydrogen-bond donors (Lipinski definition) is 6. The summed E-state index contributed by atoms with van der Waals surface area (Å²) >= 11 is 0. The van der Waals surface area contributed by atoms with Gasteiger partial charge in [0.25, 0.3) is 0 Å². The van der Waals surface area contributed by atoms with Crippen LogP contribution in [-0.2, 0) is 25.6 Å². The number of hydrogen-bond acceptors (Lipinski definition) is 10. The number of aromatic nitrogens is 2. The number of nitrogens with zero attached hydrogens (tertiary/aromatic N) is 2. The van der Waals surface area contributed by atoms with Crippen LogP contribution in [0, 0.1) is 5.82 Å². The molecule has 0 spiro atoms. The molecule has 4 rings (SSSR count). The second kappa shape index (κ2) is 20.7. The highest BCUT2D eigenvalue weighted by molar-refractivity contribution is 5.97.